The molecule has 2 aliphatic heterocycles. The maximum Gasteiger partial charge on any atom is 0.250 e. The third kappa shape index (κ3) is 4.07. The van der Waals surface area contributed by atoms with Crippen molar-refractivity contribution in [3.8, 4) is 5.75 Å². The van der Waals surface area contributed by atoms with E-state index in [1.165, 1.54) is 0 Å². The smallest absolute Gasteiger partial charge is 0.250 e. The first kappa shape index (κ1) is 16.8. The Balaban J connectivity index is 1.57. The molecular weight excluding hydrogens is 330 g/mol. The van der Waals surface area contributed by atoms with Crippen molar-refractivity contribution in [1.82, 2.24) is 10.2 Å². The van der Waals surface area contributed by atoms with E-state index in [0.717, 1.165) is 37.2 Å². The molecule has 3 rings (SSSR count). The second-order valence-electron chi connectivity index (χ2n) is 6.13. The van der Waals surface area contributed by atoms with Gasteiger partial charge < -0.3 is 15.8 Å². The fraction of sp³-hybridized carbons (Fsp3) is 0.412. The molecule has 0 radical (unpaired) electrons. The van der Waals surface area contributed by atoms with E-state index in [1.807, 2.05) is 11.0 Å². The number of primary amides is 1. The Morgan fingerprint density at radius 1 is 1.33 bits per heavy atom. The van der Waals surface area contributed by atoms with Gasteiger partial charge in [0.15, 0.2) is 0 Å². The Bertz CT molecular complexity index is 682. The van der Waals surface area contributed by atoms with Gasteiger partial charge in [-0.15, -0.1) is 0 Å². The van der Waals surface area contributed by atoms with Gasteiger partial charge in [-0.1, -0.05) is 11.6 Å². The number of hydrogen-bond acceptors (Lipinski definition) is 4. The number of rotatable bonds is 4. The molecule has 0 aliphatic carbocycles. The summed E-state index contributed by atoms with van der Waals surface area (Å²) in [6.07, 6.45) is 3.42. The fourth-order valence-electron chi connectivity index (χ4n) is 3.01. The van der Waals surface area contributed by atoms with Crippen molar-refractivity contribution in [2.75, 3.05) is 26.2 Å². The normalized spacial score (nSPS) is 18.3. The second kappa shape index (κ2) is 7.23. The molecule has 0 aromatic heterocycles. The van der Waals surface area contributed by atoms with Crippen LogP contribution < -0.4 is 15.8 Å². The molecule has 1 aromatic rings. The first-order valence-corrected chi connectivity index (χ1v) is 8.33. The molecule has 0 unspecified atom stereocenters. The van der Waals surface area contributed by atoms with Crippen molar-refractivity contribution >= 4 is 29.5 Å². The largest absolute Gasteiger partial charge is 0.488 e. The SMILES string of the molecule is NC(=O)CN1CCC(NC(=O)C2=Cc3cc(Cl)ccc3OC2)CC1. The van der Waals surface area contributed by atoms with Gasteiger partial charge >= 0.3 is 0 Å². The van der Waals surface area contributed by atoms with E-state index in [9.17, 15) is 9.59 Å². The Morgan fingerprint density at radius 2 is 2.08 bits per heavy atom. The Hall–Kier alpha value is -2.05. The molecule has 0 bridgehead atoms. The van der Waals surface area contributed by atoms with Crippen LogP contribution in [0.4, 0.5) is 0 Å². The number of nitrogens with zero attached hydrogens (tertiary/aromatic N) is 1. The molecule has 1 aromatic carbocycles. The average Bonchev–Trinajstić information content (AvgIpc) is 2.55. The number of ether oxygens (including phenoxy) is 1. The zero-order chi connectivity index (χ0) is 17.1. The maximum atomic E-state index is 12.4. The molecule has 2 aliphatic rings. The lowest BCUT2D eigenvalue weighted by atomic mass is 10.0. The highest BCUT2D eigenvalue weighted by atomic mass is 35.5. The first-order valence-electron chi connectivity index (χ1n) is 7.96. The van der Waals surface area contributed by atoms with Gasteiger partial charge in [0, 0.05) is 29.7 Å². The van der Waals surface area contributed by atoms with Crippen LogP contribution in [0, 0.1) is 0 Å². The molecule has 2 amide bonds. The van der Waals surface area contributed by atoms with Crippen LogP contribution in [0.5, 0.6) is 5.75 Å². The zero-order valence-electron chi connectivity index (χ0n) is 13.3. The van der Waals surface area contributed by atoms with E-state index < -0.39 is 0 Å². The molecule has 0 atom stereocenters. The highest BCUT2D eigenvalue weighted by molar-refractivity contribution is 6.30. The van der Waals surface area contributed by atoms with Gasteiger partial charge in [-0.2, -0.15) is 0 Å². The Kier molecular flexibility index (Phi) is 5.06. The summed E-state index contributed by atoms with van der Waals surface area (Å²) < 4.78 is 5.61. The highest BCUT2D eigenvalue weighted by Crippen LogP contribution is 2.29. The average molecular weight is 350 g/mol. The van der Waals surface area contributed by atoms with Gasteiger partial charge in [-0.3, -0.25) is 14.5 Å². The summed E-state index contributed by atoms with van der Waals surface area (Å²) in [6.45, 7) is 2.03. The van der Waals surface area contributed by atoms with E-state index in [1.54, 1.807) is 18.2 Å². The van der Waals surface area contributed by atoms with Crippen LogP contribution in [-0.4, -0.2) is 49.0 Å². The van der Waals surface area contributed by atoms with Crippen molar-refractivity contribution < 1.29 is 14.3 Å². The lowest BCUT2D eigenvalue weighted by Crippen LogP contribution is -2.47. The number of hydrogen-bond donors (Lipinski definition) is 2. The van der Waals surface area contributed by atoms with Gasteiger partial charge in [0.2, 0.25) is 5.91 Å². The number of halogens is 1. The number of carbonyl (C=O) groups is 2. The third-order valence-electron chi connectivity index (χ3n) is 4.28. The van der Waals surface area contributed by atoms with Crippen molar-refractivity contribution in [3.05, 3.63) is 34.4 Å². The topological polar surface area (TPSA) is 84.7 Å². The predicted octanol–water partition coefficient (Wildman–Crippen LogP) is 1.18. The molecule has 7 heteroatoms. The summed E-state index contributed by atoms with van der Waals surface area (Å²) >= 11 is 5.99. The molecule has 1 fully saturated rings. The van der Waals surface area contributed by atoms with Crippen LogP contribution in [0.3, 0.4) is 0 Å². The maximum absolute atomic E-state index is 12.4. The zero-order valence-corrected chi connectivity index (χ0v) is 14.0. The summed E-state index contributed by atoms with van der Waals surface area (Å²) in [5, 5.41) is 3.65. The fourth-order valence-corrected chi connectivity index (χ4v) is 3.19. The van der Waals surface area contributed by atoms with E-state index >= 15 is 0 Å². The van der Waals surface area contributed by atoms with Crippen molar-refractivity contribution in [2.24, 2.45) is 5.73 Å². The van der Waals surface area contributed by atoms with Crippen LogP contribution in [-0.2, 0) is 9.59 Å². The Morgan fingerprint density at radius 3 is 2.79 bits per heavy atom. The molecule has 1 saturated heterocycles. The minimum atomic E-state index is -0.320. The van der Waals surface area contributed by atoms with Crippen LogP contribution >= 0.6 is 11.6 Å². The summed E-state index contributed by atoms with van der Waals surface area (Å²) in [5.41, 5.74) is 6.61. The molecule has 128 valence electrons. The van der Waals surface area contributed by atoms with Crippen LogP contribution in [0.15, 0.2) is 23.8 Å². The number of carbonyl (C=O) groups excluding carboxylic acids is 2. The molecule has 0 spiro atoms. The first-order chi connectivity index (χ1) is 11.5. The van der Waals surface area contributed by atoms with E-state index in [2.05, 4.69) is 5.32 Å². The predicted molar refractivity (Wildman–Crippen MR) is 91.7 cm³/mol. The van der Waals surface area contributed by atoms with Crippen LogP contribution in [0.25, 0.3) is 6.08 Å². The van der Waals surface area contributed by atoms with Gasteiger partial charge in [-0.25, -0.2) is 0 Å². The molecule has 2 heterocycles. The van der Waals surface area contributed by atoms with Crippen LogP contribution in [0.1, 0.15) is 18.4 Å². The lowest BCUT2D eigenvalue weighted by molar-refractivity contribution is -0.121. The second-order valence-corrected chi connectivity index (χ2v) is 6.57. The number of likely N-dealkylation sites (tertiary alicyclic amines) is 1. The van der Waals surface area contributed by atoms with Crippen molar-refractivity contribution in [1.29, 1.82) is 0 Å². The minimum Gasteiger partial charge on any atom is -0.488 e. The highest BCUT2D eigenvalue weighted by Gasteiger charge is 2.24. The summed E-state index contributed by atoms with van der Waals surface area (Å²) in [4.78, 5) is 25.4. The van der Waals surface area contributed by atoms with Gasteiger partial charge in [-0.05, 0) is 37.1 Å². The van der Waals surface area contributed by atoms with E-state index in [4.69, 9.17) is 22.1 Å². The number of piperidine rings is 1. The van der Waals surface area contributed by atoms with Gasteiger partial charge in [0.25, 0.3) is 5.91 Å². The number of benzene rings is 1. The molecule has 0 saturated carbocycles. The van der Waals surface area contributed by atoms with Crippen LogP contribution in [0.2, 0.25) is 5.02 Å². The number of nitrogens with two attached hydrogens (primary N) is 1. The third-order valence-corrected chi connectivity index (χ3v) is 4.51. The molecular formula is C17H20ClN3O3. The van der Waals surface area contributed by atoms with E-state index in [0.29, 0.717) is 10.6 Å². The standard InChI is InChI=1S/C17H20ClN3O3/c18-13-1-2-15-11(8-13)7-12(10-24-15)17(23)20-14-3-5-21(6-4-14)9-16(19)22/h1-2,7-8,14H,3-6,9-10H2,(H2,19,22)(H,20,23). The van der Waals surface area contributed by atoms with E-state index in [-0.39, 0.29) is 31.0 Å². The quantitative estimate of drug-likeness (QED) is 0.855. The van der Waals surface area contributed by atoms with Gasteiger partial charge in [0.1, 0.15) is 12.4 Å². The monoisotopic (exact) mass is 349 g/mol. The van der Waals surface area contributed by atoms with Gasteiger partial charge in [0.05, 0.1) is 12.1 Å². The minimum absolute atomic E-state index is 0.100. The molecule has 3 N–H and O–H groups in total. The van der Waals surface area contributed by atoms with Crippen molar-refractivity contribution in [2.45, 2.75) is 18.9 Å². The molecule has 24 heavy (non-hydrogen) atoms. The summed E-state index contributed by atoms with van der Waals surface area (Å²) in [7, 11) is 0. The number of amides is 2. The summed E-state index contributed by atoms with van der Waals surface area (Å²) in [5.74, 6) is 0.295. The van der Waals surface area contributed by atoms with Crippen molar-refractivity contribution in [3.63, 3.8) is 0 Å². The summed E-state index contributed by atoms with van der Waals surface area (Å²) in [6, 6.07) is 5.45. The number of fused-ring (bicyclic) bond motifs is 1. The number of nitrogens with one attached hydrogen (secondary N) is 1. The Labute approximate surface area is 145 Å². The molecule has 6 nitrogen and oxygen atoms in total. The lowest BCUT2D eigenvalue weighted by Gasteiger charge is -2.31.